The summed E-state index contributed by atoms with van der Waals surface area (Å²) in [5.74, 6) is 1.53. The Morgan fingerprint density at radius 3 is 2.59 bits per heavy atom. The van der Waals surface area contributed by atoms with Gasteiger partial charge in [-0.05, 0) is 49.9 Å². The lowest BCUT2D eigenvalue weighted by atomic mass is 9.54. The van der Waals surface area contributed by atoms with Crippen LogP contribution in [0.5, 0.6) is 0 Å². The van der Waals surface area contributed by atoms with E-state index >= 15 is 0 Å². The lowest BCUT2D eigenvalue weighted by Gasteiger charge is -2.48. The zero-order valence-electron chi connectivity index (χ0n) is 12.8. The fourth-order valence-electron chi connectivity index (χ4n) is 5.91. The number of Topliss-reactive ketones (excluding diaryl/α,β-unsaturated/α-hetero) is 3. The molecule has 116 valence electrons. The molecule has 0 spiro atoms. The zero-order valence-corrected chi connectivity index (χ0v) is 12.8. The summed E-state index contributed by atoms with van der Waals surface area (Å²) in [5, 5.41) is 0. The third-order valence-electron chi connectivity index (χ3n) is 7.14. The first kappa shape index (κ1) is 13.2. The molecule has 3 fully saturated rings. The average Bonchev–Trinajstić information content (AvgIpc) is 3.26. The Bertz CT molecular complexity index is 660. The fraction of sp³-hybridized carbons (Fsp3) is 0.722. The largest absolute Gasteiger partial charge is 0.352 e. The Morgan fingerprint density at radius 2 is 1.77 bits per heavy atom. The highest BCUT2D eigenvalue weighted by Gasteiger charge is 2.61. The van der Waals surface area contributed by atoms with Crippen molar-refractivity contribution in [1.82, 2.24) is 0 Å². The van der Waals surface area contributed by atoms with Crippen molar-refractivity contribution in [1.29, 1.82) is 0 Å². The number of epoxide rings is 1. The van der Waals surface area contributed by atoms with Crippen LogP contribution in [-0.2, 0) is 19.1 Å². The van der Waals surface area contributed by atoms with Crippen LogP contribution in [-0.4, -0.2) is 29.6 Å². The van der Waals surface area contributed by atoms with Crippen LogP contribution in [0, 0.1) is 23.2 Å². The number of hydrogen-bond donors (Lipinski definition) is 0. The van der Waals surface area contributed by atoms with E-state index in [1.165, 1.54) is 0 Å². The molecule has 0 radical (unpaired) electrons. The number of fused-ring (bicyclic) bond motifs is 5. The third kappa shape index (κ3) is 1.40. The van der Waals surface area contributed by atoms with Crippen LogP contribution in [0.2, 0.25) is 0 Å². The maximum Gasteiger partial charge on any atom is 0.191 e. The monoisotopic (exact) mass is 300 g/mol. The van der Waals surface area contributed by atoms with Crippen LogP contribution in [0.25, 0.3) is 0 Å². The number of carbonyl (C=O) groups excluding carboxylic acids is 3. The number of carbonyl (C=O) groups is 3. The number of ether oxygens (including phenoxy) is 1. The smallest absolute Gasteiger partial charge is 0.191 e. The summed E-state index contributed by atoms with van der Waals surface area (Å²) in [6.45, 7) is 2.13. The molecule has 1 heterocycles. The SMILES string of the molecule is C[C@]12CC[C@@H]3C4=C(CC[C@H]3[C@@H]1CCC2=O)C(=O)[C@H]1O[C@H]1C4=O. The Hall–Kier alpha value is -1.29. The van der Waals surface area contributed by atoms with Gasteiger partial charge in [0.15, 0.2) is 23.8 Å². The maximum atomic E-state index is 12.6. The van der Waals surface area contributed by atoms with Gasteiger partial charge >= 0.3 is 0 Å². The molecule has 0 amide bonds. The van der Waals surface area contributed by atoms with Gasteiger partial charge < -0.3 is 4.74 Å². The van der Waals surface area contributed by atoms with E-state index in [9.17, 15) is 14.4 Å². The first-order chi connectivity index (χ1) is 10.5. The van der Waals surface area contributed by atoms with E-state index < -0.39 is 12.2 Å². The molecular weight excluding hydrogens is 280 g/mol. The molecule has 0 N–H and O–H groups in total. The van der Waals surface area contributed by atoms with Gasteiger partial charge in [-0.25, -0.2) is 0 Å². The Balaban J connectivity index is 1.56. The van der Waals surface area contributed by atoms with Crippen molar-refractivity contribution < 1.29 is 19.1 Å². The molecule has 0 aromatic carbocycles. The molecule has 5 aliphatic rings. The van der Waals surface area contributed by atoms with Gasteiger partial charge in [-0.15, -0.1) is 0 Å². The van der Waals surface area contributed by atoms with Gasteiger partial charge in [-0.2, -0.15) is 0 Å². The molecule has 22 heavy (non-hydrogen) atoms. The second kappa shape index (κ2) is 3.97. The van der Waals surface area contributed by atoms with Crippen LogP contribution in [0.1, 0.15) is 45.4 Å². The highest BCUT2D eigenvalue weighted by molar-refractivity contribution is 6.19. The van der Waals surface area contributed by atoms with Crippen LogP contribution in [0.4, 0.5) is 0 Å². The average molecular weight is 300 g/mol. The summed E-state index contributed by atoms with van der Waals surface area (Å²) >= 11 is 0. The number of ketones is 3. The second-order valence-corrected chi connectivity index (χ2v) is 7.93. The van der Waals surface area contributed by atoms with Crippen molar-refractivity contribution >= 4 is 17.3 Å². The standard InChI is InChI=1S/C18H20O4/c1-18-7-6-9-8(11(18)4-5-12(18)19)2-3-10-13(9)15(21)17-16(22-17)14(10)20/h8-9,11,16-17H,2-7H2,1H3/t8-,9+,11+,16-,17+,18+/m1/s1. The van der Waals surface area contributed by atoms with Gasteiger partial charge in [0.25, 0.3) is 0 Å². The van der Waals surface area contributed by atoms with Crippen LogP contribution in [0.15, 0.2) is 11.1 Å². The van der Waals surface area contributed by atoms with Gasteiger partial charge in [0.2, 0.25) is 0 Å². The van der Waals surface area contributed by atoms with Crippen molar-refractivity contribution in [2.45, 2.75) is 57.7 Å². The molecule has 4 aliphatic carbocycles. The van der Waals surface area contributed by atoms with Crippen molar-refractivity contribution in [3.05, 3.63) is 11.1 Å². The minimum Gasteiger partial charge on any atom is -0.352 e. The predicted molar refractivity (Wildman–Crippen MR) is 77.0 cm³/mol. The van der Waals surface area contributed by atoms with Crippen molar-refractivity contribution in [3.8, 4) is 0 Å². The van der Waals surface area contributed by atoms with E-state index in [0.29, 0.717) is 30.5 Å². The lowest BCUT2D eigenvalue weighted by molar-refractivity contribution is -0.130. The lowest BCUT2D eigenvalue weighted by Crippen LogP contribution is -2.46. The van der Waals surface area contributed by atoms with Crippen LogP contribution in [0.3, 0.4) is 0 Å². The van der Waals surface area contributed by atoms with Crippen molar-refractivity contribution in [2.24, 2.45) is 23.2 Å². The molecule has 0 aromatic heterocycles. The molecule has 6 atom stereocenters. The highest BCUT2D eigenvalue weighted by Crippen LogP contribution is 2.60. The minimum atomic E-state index is -0.483. The van der Waals surface area contributed by atoms with Crippen molar-refractivity contribution in [2.75, 3.05) is 0 Å². The zero-order chi connectivity index (χ0) is 15.2. The molecular formula is C18H20O4. The molecule has 2 saturated carbocycles. The Labute approximate surface area is 129 Å². The fourth-order valence-corrected chi connectivity index (χ4v) is 5.91. The first-order valence-electron chi connectivity index (χ1n) is 8.52. The summed E-state index contributed by atoms with van der Waals surface area (Å²) in [7, 11) is 0. The van der Waals surface area contributed by atoms with Gasteiger partial charge in [0.05, 0.1) is 0 Å². The van der Waals surface area contributed by atoms with Crippen molar-refractivity contribution in [3.63, 3.8) is 0 Å². The number of hydrogen-bond acceptors (Lipinski definition) is 4. The molecule has 0 aromatic rings. The van der Waals surface area contributed by atoms with Gasteiger partial charge in [0, 0.05) is 23.0 Å². The quantitative estimate of drug-likeness (QED) is 0.642. The van der Waals surface area contributed by atoms with Gasteiger partial charge in [-0.3, -0.25) is 14.4 Å². The van der Waals surface area contributed by atoms with Crippen LogP contribution >= 0.6 is 0 Å². The van der Waals surface area contributed by atoms with E-state index in [-0.39, 0.29) is 22.9 Å². The summed E-state index contributed by atoms with van der Waals surface area (Å²) in [4.78, 5) is 37.3. The predicted octanol–water partition coefficient (Wildman–Crippen LogP) is 2.01. The van der Waals surface area contributed by atoms with Gasteiger partial charge in [0.1, 0.15) is 5.78 Å². The highest BCUT2D eigenvalue weighted by atomic mass is 16.6. The maximum absolute atomic E-state index is 12.6. The summed E-state index contributed by atoms with van der Waals surface area (Å²) < 4.78 is 5.30. The summed E-state index contributed by atoms with van der Waals surface area (Å²) in [5.41, 5.74) is 1.37. The summed E-state index contributed by atoms with van der Waals surface area (Å²) in [6.07, 6.45) is 4.10. The molecule has 1 saturated heterocycles. The molecule has 0 bridgehead atoms. The second-order valence-electron chi connectivity index (χ2n) is 7.93. The van der Waals surface area contributed by atoms with E-state index in [2.05, 4.69) is 6.92 Å². The topological polar surface area (TPSA) is 63.7 Å². The molecule has 4 heteroatoms. The van der Waals surface area contributed by atoms with E-state index in [1.54, 1.807) is 0 Å². The third-order valence-corrected chi connectivity index (χ3v) is 7.14. The van der Waals surface area contributed by atoms with Gasteiger partial charge in [-0.1, -0.05) is 6.92 Å². The number of rotatable bonds is 0. The Morgan fingerprint density at radius 1 is 1.00 bits per heavy atom. The molecule has 4 nitrogen and oxygen atoms in total. The van der Waals surface area contributed by atoms with Crippen LogP contribution < -0.4 is 0 Å². The van der Waals surface area contributed by atoms with E-state index in [1.807, 2.05) is 0 Å². The minimum absolute atomic E-state index is 0.0638. The molecule has 5 rings (SSSR count). The van der Waals surface area contributed by atoms with E-state index in [4.69, 9.17) is 4.74 Å². The first-order valence-corrected chi connectivity index (χ1v) is 8.52. The normalized spacial score (nSPS) is 49.5. The Kier molecular flexibility index (Phi) is 2.38. The molecule has 1 aliphatic heterocycles. The van der Waals surface area contributed by atoms with E-state index in [0.717, 1.165) is 36.8 Å². The molecule has 0 unspecified atom stereocenters. The summed E-state index contributed by atoms with van der Waals surface area (Å²) in [6, 6.07) is 0.